The van der Waals surface area contributed by atoms with Crippen LogP contribution in [0, 0.1) is 6.92 Å². The van der Waals surface area contributed by atoms with Crippen molar-refractivity contribution in [3.05, 3.63) is 53.1 Å². The second-order valence-electron chi connectivity index (χ2n) is 6.83. The smallest absolute Gasteiger partial charge is 0.358 e. The van der Waals surface area contributed by atoms with Gasteiger partial charge in [-0.05, 0) is 38.5 Å². The summed E-state index contributed by atoms with van der Waals surface area (Å²) in [5.74, 6) is 0.502. The number of carbonyl (C=O) groups excluding carboxylic acids is 1. The van der Waals surface area contributed by atoms with E-state index in [9.17, 15) is 4.79 Å². The van der Waals surface area contributed by atoms with E-state index in [1.165, 1.54) is 0 Å². The summed E-state index contributed by atoms with van der Waals surface area (Å²) in [6.45, 7) is 6.30. The van der Waals surface area contributed by atoms with Crippen LogP contribution in [0.1, 0.15) is 47.7 Å². The first-order valence-corrected chi connectivity index (χ1v) is 8.72. The van der Waals surface area contributed by atoms with Crippen LogP contribution < -0.4 is 0 Å². The van der Waals surface area contributed by atoms with Gasteiger partial charge in [-0.1, -0.05) is 0 Å². The molecule has 0 bridgehead atoms. The molecule has 1 unspecified atom stereocenters. The Hall–Kier alpha value is -2.83. The van der Waals surface area contributed by atoms with Crippen LogP contribution in [0.4, 0.5) is 0 Å². The molecule has 1 aliphatic heterocycles. The summed E-state index contributed by atoms with van der Waals surface area (Å²) in [5, 5.41) is 4.66. The zero-order valence-electron chi connectivity index (χ0n) is 15.4. The standard InChI is InChI=1S/C19H22N4O3/c1-5-26-18(24)17-15-8-14-12(2)10-21-23(14)19(3)9-13(25-4)6-7-16(19)22(15)11-20-17/h6-7,10-11H,5,8-9H2,1-4H3. The zero-order valence-corrected chi connectivity index (χ0v) is 15.4. The van der Waals surface area contributed by atoms with Crippen LogP contribution >= 0.6 is 0 Å². The van der Waals surface area contributed by atoms with E-state index in [0.717, 1.165) is 28.4 Å². The van der Waals surface area contributed by atoms with Crippen molar-refractivity contribution >= 4 is 11.7 Å². The molecule has 0 aromatic carbocycles. The largest absolute Gasteiger partial charge is 0.501 e. The highest BCUT2D eigenvalue weighted by molar-refractivity contribution is 5.89. The zero-order chi connectivity index (χ0) is 18.5. The molecular weight excluding hydrogens is 332 g/mol. The Labute approximate surface area is 151 Å². The number of imidazole rings is 1. The Kier molecular flexibility index (Phi) is 3.75. The first-order chi connectivity index (χ1) is 12.5. The van der Waals surface area contributed by atoms with Crippen molar-refractivity contribution in [1.82, 2.24) is 19.3 Å². The molecule has 2 aromatic rings. The van der Waals surface area contributed by atoms with Crippen LogP contribution in [0.15, 0.2) is 30.4 Å². The monoisotopic (exact) mass is 354 g/mol. The first-order valence-electron chi connectivity index (χ1n) is 8.72. The van der Waals surface area contributed by atoms with Crippen molar-refractivity contribution < 1.29 is 14.3 Å². The van der Waals surface area contributed by atoms with Crippen molar-refractivity contribution in [2.75, 3.05) is 13.7 Å². The number of allylic oxidation sites excluding steroid dienone is 4. The molecule has 0 saturated heterocycles. The maximum atomic E-state index is 12.4. The van der Waals surface area contributed by atoms with Crippen LogP contribution in [0.3, 0.4) is 0 Å². The normalized spacial score (nSPS) is 20.9. The van der Waals surface area contributed by atoms with Gasteiger partial charge in [-0.15, -0.1) is 0 Å². The summed E-state index contributed by atoms with van der Waals surface area (Å²) < 4.78 is 14.8. The minimum atomic E-state index is -0.429. The van der Waals surface area contributed by atoms with Crippen LogP contribution in [0.2, 0.25) is 0 Å². The van der Waals surface area contributed by atoms with Crippen molar-refractivity contribution in [1.29, 1.82) is 0 Å². The van der Waals surface area contributed by atoms with Crippen molar-refractivity contribution in [2.24, 2.45) is 0 Å². The third kappa shape index (κ3) is 2.23. The molecule has 2 aliphatic rings. The highest BCUT2D eigenvalue weighted by Gasteiger charge is 2.42. The Morgan fingerprint density at radius 2 is 2.15 bits per heavy atom. The fourth-order valence-corrected chi connectivity index (χ4v) is 3.88. The lowest BCUT2D eigenvalue weighted by atomic mass is 9.88. The van der Waals surface area contributed by atoms with Gasteiger partial charge in [0.15, 0.2) is 5.69 Å². The molecule has 1 aliphatic carbocycles. The number of methoxy groups -OCH3 is 1. The van der Waals surface area contributed by atoms with Gasteiger partial charge in [0.2, 0.25) is 0 Å². The number of aryl methyl sites for hydroxylation is 1. The van der Waals surface area contributed by atoms with Crippen LogP contribution in [-0.2, 0) is 21.4 Å². The van der Waals surface area contributed by atoms with Gasteiger partial charge in [0, 0.05) is 18.5 Å². The van der Waals surface area contributed by atoms with Gasteiger partial charge in [-0.3, -0.25) is 4.68 Å². The third-order valence-corrected chi connectivity index (χ3v) is 5.23. The number of aromatic nitrogens is 4. The predicted molar refractivity (Wildman–Crippen MR) is 95.6 cm³/mol. The molecule has 7 heteroatoms. The number of rotatable bonds is 3. The molecule has 0 N–H and O–H groups in total. The van der Waals surface area contributed by atoms with Crippen molar-refractivity contribution in [3.63, 3.8) is 0 Å². The Morgan fingerprint density at radius 1 is 1.35 bits per heavy atom. The lowest BCUT2D eigenvalue weighted by molar-refractivity contribution is 0.0519. The molecule has 0 fully saturated rings. The third-order valence-electron chi connectivity index (χ3n) is 5.23. The number of hydrogen-bond acceptors (Lipinski definition) is 5. The summed E-state index contributed by atoms with van der Waals surface area (Å²) in [5.41, 5.74) is 3.94. The number of carbonyl (C=O) groups is 1. The Balaban J connectivity index is 1.97. The summed E-state index contributed by atoms with van der Waals surface area (Å²) >= 11 is 0. The van der Waals surface area contributed by atoms with Gasteiger partial charge >= 0.3 is 5.97 Å². The van der Waals surface area contributed by atoms with Gasteiger partial charge in [0.1, 0.15) is 11.9 Å². The Bertz CT molecular complexity index is 950. The van der Waals surface area contributed by atoms with Crippen LogP contribution in [0.25, 0.3) is 5.70 Å². The number of hydrogen-bond donors (Lipinski definition) is 0. The van der Waals surface area contributed by atoms with Gasteiger partial charge in [0.05, 0.1) is 37.1 Å². The first kappa shape index (κ1) is 16.6. The minimum absolute atomic E-state index is 0.322. The van der Waals surface area contributed by atoms with Crippen molar-refractivity contribution in [3.8, 4) is 0 Å². The molecule has 1 atom stereocenters. The second kappa shape index (κ2) is 5.86. The highest BCUT2D eigenvalue weighted by atomic mass is 16.5. The van der Waals surface area contributed by atoms with Crippen LogP contribution in [-0.4, -0.2) is 39.0 Å². The second-order valence-corrected chi connectivity index (χ2v) is 6.83. The minimum Gasteiger partial charge on any atom is -0.501 e. The van der Waals surface area contributed by atoms with E-state index in [1.54, 1.807) is 20.4 Å². The summed E-state index contributed by atoms with van der Waals surface area (Å²) in [6.07, 6.45) is 8.81. The molecule has 4 rings (SSSR count). The molecule has 3 heterocycles. The van der Waals surface area contributed by atoms with E-state index in [-0.39, 0.29) is 0 Å². The van der Waals surface area contributed by atoms with E-state index in [0.29, 0.717) is 25.1 Å². The SMILES string of the molecule is CCOC(=O)c1ncn2c1Cc1c(C)cnn1C1(C)CC(OC)=CC=C21. The molecule has 26 heavy (non-hydrogen) atoms. The van der Waals surface area contributed by atoms with Gasteiger partial charge in [-0.25, -0.2) is 9.78 Å². The summed E-state index contributed by atoms with van der Waals surface area (Å²) in [7, 11) is 1.68. The molecule has 7 nitrogen and oxygen atoms in total. The summed E-state index contributed by atoms with van der Waals surface area (Å²) in [6, 6.07) is 0. The fourth-order valence-electron chi connectivity index (χ4n) is 3.88. The lowest BCUT2D eigenvalue weighted by Gasteiger charge is -2.35. The van der Waals surface area contributed by atoms with E-state index in [1.807, 2.05) is 29.8 Å². The molecule has 136 valence electrons. The molecule has 0 spiro atoms. The highest BCUT2D eigenvalue weighted by Crippen LogP contribution is 2.43. The maximum absolute atomic E-state index is 12.4. The van der Waals surface area contributed by atoms with Gasteiger partial charge in [0.25, 0.3) is 0 Å². The van der Waals surface area contributed by atoms with E-state index >= 15 is 0 Å². The topological polar surface area (TPSA) is 71.2 Å². The maximum Gasteiger partial charge on any atom is 0.358 e. The van der Waals surface area contributed by atoms with Crippen LogP contribution in [0.5, 0.6) is 0 Å². The van der Waals surface area contributed by atoms with Gasteiger partial charge in [-0.2, -0.15) is 5.10 Å². The quantitative estimate of drug-likeness (QED) is 0.793. The van der Waals surface area contributed by atoms with E-state index in [4.69, 9.17) is 9.47 Å². The average molecular weight is 354 g/mol. The van der Waals surface area contributed by atoms with E-state index in [2.05, 4.69) is 21.7 Å². The molecule has 0 radical (unpaired) electrons. The number of nitrogens with zero attached hydrogens (tertiary/aromatic N) is 4. The Morgan fingerprint density at radius 3 is 2.88 bits per heavy atom. The molecular formula is C19H22N4O3. The van der Waals surface area contributed by atoms with E-state index < -0.39 is 11.5 Å². The van der Waals surface area contributed by atoms with Crippen molar-refractivity contribution in [2.45, 2.75) is 39.2 Å². The van der Waals surface area contributed by atoms with Gasteiger partial charge < -0.3 is 14.0 Å². The molecule has 0 amide bonds. The number of esters is 1. The summed E-state index contributed by atoms with van der Waals surface area (Å²) in [4.78, 5) is 16.8. The molecule has 2 aromatic heterocycles. The average Bonchev–Trinajstić information content (AvgIpc) is 3.17. The fraction of sp³-hybridized carbons (Fsp3) is 0.421. The number of fused-ring (bicyclic) bond motifs is 5. The molecule has 0 saturated carbocycles. The predicted octanol–water partition coefficient (Wildman–Crippen LogP) is 2.66. The number of ether oxygens (including phenoxy) is 2. The lowest BCUT2D eigenvalue weighted by Crippen LogP contribution is -2.36.